The molecular weight excluding hydrogens is 228 g/mol. The number of benzene rings is 1. The lowest BCUT2D eigenvalue weighted by Gasteiger charge is -2.26. The average molecular weight is 248 g/mol. The standard InChI is InChI=1S/C14H20N2O2/c1-18-14(17)11-7-6-8-12(15)13(11)16-9-4-2-3-5-10-16/h6-8H,2-5,9-10,15H2,1H3. The summed E-state index contributed by atoms with van der Waals surface area (Å²) < 4.78 is 4.83. The average Bonchev–Trinajstić information content (AvgIpc) is 2.66. The molecule has 1 aliphatic heterocycles. The number of methoxy groups -OCH3 is 1. The Morgan fingerprint density at radius 1 is 1.22 bits per heavy atom. The molecule has 0 saturated carbocycles. The lowest BCUT2D eigenvalue weighted by Crippen LogP contribution is -2.27. The van der Waals surface area contributed by atoms with E-state index in [-0.39, 0.29) is 5.97 Å². The van der Waals surface area contributed by atoms with Gasteiger partial charge in [0.1, 0.15) is 0 Å². The summed E-state index contributed by atoms with van der Waals surface area (Å²) in [5.41, 5.74) is 8.11. The third kappa shape index (κ3) is 2.58. The van der Waals surface area contributed by atoms with Crippen LogP contribution >= 0.6 is 0 Å². The number of hydrogen-bond donors (Lipinski definition) is 1. The van der Waals surface area contributed by atoms with Gasteiger partial charge in [-0.3, -0.25) is 0 Å². The first-order valence-corrected chi connectivity index (χ1v) is 6.46. The Kier molecular flexibility index (Phi) is 4.07. The first kappa shape index (κ1) is 12.7. The van der Waals surface area contributed by atoms with Gasteiger partial charge in [-0.25, -0.2) is 4.79 Å². The van der Waals surface area contributed by atoms with Gasteiger partial charge in [-0.15, -0.1) is 0 Å². The molecule has 0 atom stereocenters. The number of esters is 1. The second-order valence-corrected chi connectivity index (χ2v) is 4.64. The normalized spacial score (nSPS) is 16.2. The molecule has 1 aliphatic rings. The summed E-state index contributed by atoms with van der Waals surface area (Å²) in [5, 5.41) is 0. The molecule has 2 N–H and O–H groups in total. The summed E-state index contributed by atoms with van der Waals surface area (Å²) in [4.78, 5) is 14.0. The summed E-state index contributed by atoms with van der Waals surface area (Å²) in [6, 6.07) is 5.41. The van der Waals surface area contributed by atoms with Gasteiger partial charge in [0.15, 0.2) is 0 Å². The van der Waals surface area contributed by atoms with Crippen molar-refractivity contribution in [3.05, 3.63) is 23.8 Å². The molecule has 0 bridgehead atoms. The summed E-state index contributed by atoms with van der Waals surface area (Å²) >= 11 is 0. The molecule has 4 nitrogen and oxygen atoms in total. The monoisotopic (exact) mass is 248 g/mol. The summed E-state index contributed by atoms with van der Waals surface area (Å²) in [7, 11) is 1.40. The Hall–Kier alpha value is -1.71. The van der Waals surface area contributed by atoms with E-state index in [1.807, 2.05) is 6.07 Å². The van der Waals surface area contributed by atoms with Crippen LogP contribution in [0.3, 0.4) is 0 Å². The quantitative estimate of drug-likeness (QED) is 0.645. The molecule has 1 saturated heterocycles. The van der Waals surface area contributed by atoms with Crippen LogP contribution in [0.15, 0.2) is 18.2 Å². The molecule has 1 aromatic carbocycles. The van der Waals surface area contributed by atoms with E-state index in [0.717, 1.165) is 31.6 Å². The molecule has 4 heteroatoms. The number of carbonyl (C=O) groups is 1. The van der Waals surface area contributed by atoms with E-state index in [9.17, 15) is 4.79 Å². The van der Waals surface area contributed by atoms with Crippen LogP contribution < -0.4 is 10.6 Å². The molecule has 98 valence electrons. The smallest absolute Gasteiger partial charge is 0.340 e. The van der Waals surface area contributed by atoms with Crippen molar-refractivity contribution >= 4 is 17.3 Å². The summed E-state index contributed by atoms with van der Waals surface area (Å²) in [5.74, 6) is -0.318. The van der Waals surface area contributed by atoms with E-state index in [0.29, 0.717) is 11.3 Å². The van der Waals surface area contributed by atoms with Gasteiger partial charge in [-0.2, -0.15) is 0 Å². The number of nitrogens with zero attached hydrogens (tertiary/aromatic N) is 1. The second-order valence-electron chi connectivity index (χ2n) is 4.64. The Balaban J connectivity index is 2.37. The number of rotatable bonds is 2. The van der Waals surface area contributed by atoms with E-state index in [1.54, 1.807) is 12.1 Å². The van der Waals surface area contributed by atoms with Crippen molar-refractivity contribution < 1.29 is 9.53 Å². The van der Waals surface area contributed by atoms with Crippen molar-refractivity contribution in [3.63, 3.8) is 0 Å². The Morgan fingerprint density at radius 2 is 1.89 bits per heavy atom. The van der Waals surface area contributed by atoms with Crippen LogP contribution in [0, 0.1) is 0 Å². The minimum Gasteiger partial charge on any atom is -0.465 e. The van der Waals surface area contributed by atoms with Crippen LogP contribution in [0.25, 0.3) is 0 Å². The fourth-order valence-electron chi connectivity index (χ4n) is 2.48. The second kappa shape index (κ2) is 5.76. The first-order valence-electron chi connectivity index (χ1n) is 6.46. The molecule has 0 amide bonds. The minimum absolute atomic E-state index is 0.318. The zero-order valence-corrected chi connectivity index (χ0v) is 10.8. The Bertz CT molecular complexity index is 424. The predicted molar refractivity (Wildman–Crippen MR) is 72.9 cm³/mol. The van der Waals surface area contributed by atoms with Crippen LogP contribution in [-0.2, 0) is 4.74 Å². The number of nitrogen functional groups attached to an aromatic ring is 1. The van der Waals surface area contributed by atoms with E-state index < -0.39 is 0 Å². The van der Waals surface area contributed by atoms with Gasteiger partial charge < -0.3 is 15.4 Å². The molecule has 1 fully saturated rings. The van der Waals surface area contributed by atoms with Crippen LogP contribution in [0.5, 0.6) is 0 Å². The number of carbonyl (C=O) groups excluding carboxylic acids is 1. The highest BCUT2D eigenvalue weighted by Gasteiger charge is 2.20. The maximum absolute atomic E-state index is 11.8. The van der Waals surface area contributed by atoms with Crippen molar-refractivity contribution in [1.82, 2.24) is 0 Å². The molecule has 1 aromatic rings. The van der Waals surface area contributed by atoms with E-state index >= 15 is 0 Å². The van der Waals surface area contributed by atoms with Gasteiger partial charge in [-0.05, 0) is 25.0 Å². The van der Waals surface area contributed by atoms with Gasteiger partial charge in [0.2, 0.25) is 0 Å². The van der Waals surface area contributed by atoms with Crippen molar-refractivity contribution in [3.8, 4) is 0 Å². The third-order valence-electron chi connectivity index (χ3n) is 3.39. The fourth-order valence-corrected chi connectivity index (χ4v) is 2.48. The zero-order chi connectivity index (χ0) is 13.0. The molecule has 0 radical (unpaired) electrons. The van der Waals surface area contributed by atoms with Crippen molar-refractivity contribution in [2.75, 3.05) is 30.8 Å². The van der Waals surface area contributed by atoms with E-state index in [2.05, 4.69) is 4.90 Å². The molecule has 2 rings (SSSR count). The van der Waals surface area contributed by atoms with Crippen molar-refractivity contribution in [2.24, 2.45) is 0 Å². The largest absolute Gasteiger partial charge is 0.465 e. The van der Waals surface area contributed by atoms with Crippen LogP contribution in [0.4, 0.5) is 11.4 Å². The van der Waals surface area contributed by atoms with Gasteiger partial charge >= 0.3 is 5.97 Å². The molecule has 0 unspecified atom stereocenters. The lowest BCUT2D eigenvalue weighted by molar-refractivity contribution is 0.0601. The predicted octanol–water partition coefficient (Wildman–Crippen LogP) is 2.44. The summed E-state index contributed by atoms with van der Waals surface area (Å²) in [6.45, 7) is 1.91. The highest BCUT2D eigenvalue weighted by Crippen LogP contribution is 2.30. The molecule has 0 aromatic heterocycles. The van der Waals surface area contributed by atoms with Crippen LogP contribution in [0.2, 0.25) is 0 Å². The number of hydrogen-bond acceptors (Lipinski definition) is 4. The molecule has 0 aliphatic carbocycles. The van der Waals surface area contributed by atoms with E-state index in [4.69, 9.17) is 10.5 Å². The van der Waals surface area contributed by atoms with Crippen LogP contribution in [-0.4, -0.2) is 26.2 Å². The third-order valence-corrected chi connectivity index (χ3v) is 3.39. The molecule has 18 heavy (non-hydrogen) atoms. The number of nitrogens with two attached hydrogens (primary N) is 1. The zero-order valence-electron chi connectivity index (χ0n) is 10.8. The Labute approximate surface area is 108 Å². The topological polar surface area (TPSA) is 55.6 Å². The van der Waals surface area contributed by atoms with E-state index in [1.165, 1.54) is 20.0 Å². The first-order chi connectivity index (χ1) is 8.74. The minimum atomic E-state index is -0.318. The van der Waals surface area contributed by atoms with Gasteiger partial charge in [0.25, 0.3) is 0 Å². The van der Waals surface area contributed by atoms with Crippen LogP contribution in [0.1, 0.15) is 36.0 Å². The number of anilines is 2. The molecule has 0 spiro atoms. The molecular formula is C14H20N2O2. The Morgan fingerprint density at radius 3 is 2.50 bits per heavy atom. The number of para-hydroxylation sites is 1. The van der Waals surface area contributed by atoms with Gasteiger partial charge in [0, 0.05) is 13.1 Å². The number of ether oxygens (including phenoxy) is 1. The van der Waals surface area contributed by atoms with Gasteiger partial charge in [0.05, 0.1) is 24.0 Å². The van der Waals surface area contributed by atoms with Crippen molar-refractivity contribution in [2.45, 2.75) is 25.7 Å². The summed E-state index contributed by atoms with van der Waals surface area (Å²) in [6.07, 6.45) is 4.79. The maximum atomic E-state index is 11.8. The highest BCUT2D eigenvalue weighted by molar-refractivity contribution is 5.99. The fraction of sp³-hybridized carbons (Fsp3) is 0.500. The van der Waals surface area contributed by atoms with Crippen molar-refractivity contribution in [1.29, 1.82) is 0 Å². The highest BCUT2D eigenvalue weighted by atomic mass is 16.5. The lowest BCUT2D eigenvalue weighted by atomic mass is 10.1. The molecule has 1 heterocycles. The van der Waals surface area contributed by atoms with Gasteiger partial charge in [-0.1, -0.05) is 18.9 Å². The SMILES string of the molecule is COC(=O)c1cccc(N)c1N1CCCCCC1. The maximum Gasteiger partial charge on any atom is 0.340 e.